The monoisotopic (exact) mass is 174 g/mol. The molecule has 0 N–H and O–H groups in total. The Bertz CT molecular complexity index is 136. The summed E-state index contributed by atoms with van der Waals surface area (Å²) in [6.45, 7) is 13.6. The van der Waals surface area contributed by atoms with Gasteiger partial charge in [0.25, 0.3) is 8.32 Å². The Morgan fingerprint density at radius 2 is 1.73 bits per heavy atom. The van der Waals surface area contributed by atoms with Crippen LogP contribution in [0.2, 0.25) is 13.1 Å². The lowest BCUT2D eigenvalue weighted by Crippen LogP contribution is -2.32. The Kier molecular flexibility index (Phi) is 3.48. The highest BCUT2D eigenvalue weighted by Gasteiger charge is 2.23. The highest BCUT2D eigenvalue weighted by molar-refractivity contribution is 6.75. The van der Waals surface area contributed by atoms with Gasteiger partial charge < -0.3 is 0 Å². The average Bonchev–Trinajstić information content (AvgIpc) is 1.83. The van der Waals surface area contributed by atoms with E-state index in [9.17, 15) is 0 Å². The molecule has 66 valence electrons. The summed E-state index contributed by atoms with van der Waals surface area (Å²) in [5.74, 6) is 0. The molecule has 2 nitrogen and oxygen atoms in total. The van der Waals surface area contributed by atoms with Crippen LogP contribution in [0.4, 0.5) is 0 Å². The molecule has 0 aliphatic heterocycles. The first-order valence-electron chi connectivity index (χ1n) is 3.77. The van der Waals surface area contributed by atoms with Crippen LogP contribution in [-0.2, 0) is 9.46 Å². The quantitative estimate of drug-likeness (QED) is 0.372. The summed E-state index contributed by atoms with van der Waals surface area (Å²) in [7, 11) is -1.75. The fourth-order valence-electron chi connectivity index (χ4n) is 0.266. The lowest BCUT2D eigenvalue weighted by molar-refractivity contribution is -0.283. The first kappa shape index (κ1) is 10.9. The van der Waals surface area contributed by atoms with E-state index >= 15 is 0 Å². The molecular formula is C8H18O2Si. The largest absolute Gasteiger partial charge is 0.281 e. The maximum atomic E-state index is 5.26. The van der Waals surface area contributed by atoms with Crippen molar-refractivity contribution in [3.8, 4) is 0 Å². The first-order chi connectivity index (χ1) is 4.77. The van der Waals surface area contributed by atoms with Gasteiger partial charge in [0, 0.05) is 0 Å². The van der Waals surface area contributed by atoms with Crippen LogP contribution >= 0.6 is 0 Å². The summed E-state index contributed by atoms with van der Waals surface area (Å²) < 4.78 is 5.26. The lowest BCUT2D eigenvalue weighted by Gasteiger charge is -2.24. The van der Waals surface area contributed by atoms with E-state index in [0.717, 1.165) is 0 Å². The molecule has 0 aromatic carbocycles. The van der Waals surface area contributed by atoms with Gasteiger partial charge in [-0.25, -0.2) is 4.89 Å². The minimum absolute atomic E-state index is 0.229. The Labute approximate surface area is 70.3 Å². The second-order valence-corrected chi connectivity index (χ2v) is 7.87. The molecule has 0 amide bonds. The van der Waals surface area contributed by atoms with Crippen LogP contribution < -0.4 is 0 Å². The smallest absolute Gasteiger partial charge is 0.256 e. The number of hydrogen-bond donors (Lipinski definition) is 0. The highest BCUT2D eigenvalue weighted by Crippen LogP contribution is 2.13. The van der Waals surface area contributed by atoms with E-state index in [4.69, 9.17) is 9.46 Å². The highest BCUT2D eigenvalue weighted by atomic mass is 28.4. The summed E-state index contributed by atoms with van der Waals surface area (Å²) in [6, 6.07) is 0. The van der Waals surface area contributed by atoms with E-state index < -0.39 is 8.32 Å². The predicted molar refractivity (Wildman–Crippen MR) is 49.6 cm³/mol. The molecule has 0 aromatic heterocycles. The van der Waals surface area contributed by atoms with Crippen molar-refractivity contribution in [2.24, 2.45) is 0 Å². The van der Waals surface area contributed by atoms with Crippen LogP contribution in [0.5, 0.6) is 0 Å². The standard InChI is InChI=1S/C8H18O2Si/c1-7-11(5,6)10-9-8(2,3)4/h7H,1H2,2-6H3. The third-order valence-electron chi connectivity index (χ3n) is 0.998. The summed E-state index contributed by atoms with van der Waals surface area (Å²) in [4.78, 5) is 5.18. The van der Waals surface area contributed by atoms with Crippen molar-refractivity contribution in [1.82, 2.24) is 0 Å². The van der Waals surface area contributed by atoms with Gasteiger partial charge in [-0.05, 0) is 33.9 Å². The molecule has 0 fully saturated rings. The molecule has 0 rings (SSSR count). The minimum Gasteiger partial charge on any atom is -0.281 e. The molecule has 0 heterocycles. The van der Waals surface area contributed by atoms with E-state index in [1.54, 1.807) is 0 Å². The Balaban J connectivity index is 3.79. The zero-order valence-corrected chi connectivity index (χ0v) is 9.10. The van der Waals surface area contributed by atoms with Gasteiger partial charge in [0.05, 0.1) is 5.60 Å². The molecule has 11 heavy (non-hydrogen) atoms. The Morgan fingerprint density at radius 1 is 1.27 bits per heavy atom. The molecule has 0 atom stereocenters. The zero-order valence-electron chi connectivity index (χ0n) is 8.10. The van der Waals surface area contributed by atoms with E-state index in [1.165, 1.54) is 0 Å². The van der Waals surface area contributed by atoms with Gasteiger partial charge in [-0.2, -0.15) is 0 Å². The third-order valence-corrected chi connectivity index (χ3v) is 2.49. The average molecular weight is 174 g/mol. The molecule has 0 spiro atoms. The zero-order chi connectivity index (χ0) is 9.12. The van der Waals surface area contributed by atoms with Crippen LogP contribution in [0, 0.1) is 0 Å². The molecule has 0 radical (unpaired) electrons. The number of hydrogen-bond acceptors (Lipinski definition) is 2. The first-order valence-corrected chi connectivity index (χ1v) is 6.76. The van der Waals surface area contributed by atoms with E-state index in [0.29, 0.717) is 0 Å². The van der Waals surface area contributed by atoms with Crippen LogP contribution in [-0.4, -0.2) is 13.9 Å². The van der Waals surface area contributed by atoms with Crippen LogP contribution in [0.25, 0.3) is 0 Å². The molecule has 0 bridgehead atoms. The SMILES string of the molecule is C=C[Si](C)(C)OOC(C)(C)C. The molecule has 0 aliphatic rings. The Hall–Kier alpha value is -0.123. The van der Waals surface area contributed by atoms with Gasteiger partial charge in [-0.3, -0.25) is 4.58 Å². The second-order valence-electron chi connectivity index (χ2n) is 4.09. The van der Waals surface area contributed by atoms with Gasteiger partial charge in [0.2, 0.25) is 0 Å². The predicted octanol–water partition coefficient (Wildman–Crippen LogP) is 2.66. The van der Waals surface area contributed by atoms with Gasteiger partial charge in [0.15, 0.2) is 0 Å². The summed E-state index contributed by atoms with van der Waals surface area (Å²) in [5, 5.41) is 0. The molecule has 0 aromatic rings. The minimum atomic E-state index is -1.75. The fraction of sp³-hybridized carbons (Fsp3) is 0.750. The van der Waals surface area contributed by atoms with E-state index in [1.807, 2.05) is 39.6 Å². The van der Waals surface area contributed by atoms with Crippen LogP contribution in [0.1, 0.15) is 20.8 Å². The van der Waals surface area contributed by atoms with E-state index in [-0.39, 0.29) is 5.60 Å². The van der Waals surface area contributed by atoms with Crippen molar-refractivity contribution >= 4 is 8.32 Å². The second kappa shape index (κ2) is 3.52. The fourth-order valence-corrected chi connectivity index (χ4v) is 0.799. The van der Waals surface area contributed by atoms with Crippen molar-refractivity contribution in [2.75, 3.05) is 0 Å². The molecule has 3 heteroatoms. The van der Waals surface area contributed by atoms with Crippen molar-refractivity contribution < 1.29 is 9.46 Å². The summed E-state index contributed by atoms with van der Waals surface area (Å²) in [6.07, 6.45) is 0. The summed E-state index contributed by atoms with van der Waals surface area (Å²) >= 11 is 0. The molecular weight excluding hydrogens is 156 g/mol. The molecule has 0 unspecified atom stereocenters. The Morgan fingerprint density at radius 3 is 2.00 bits per heavy atom. The normalized spacial score (nSPS) is 13.2. The lowest BCUT2D eigenvalue weighted by atomic mass is 10.2. The van der Waals surface area contributed by atoms with Gasteiger partial charge in [0.1, 0.15) is 0 Å². The topological polar surface area (TPSA) is 18.5 Å². The number of rotatable bonds is 3. The van der Waals surface area contributed by atoms with Crippen molar-refractivity contribution in [1.29, 1.82) is 0 Å². The van der Waals surface area contributed by atoms with E-state index in [2.05, 4.69) is 6.58 Å². The van der Waals surface area contributed by atoms with Gasteiger partial charge in [-0.1, -0.05) is 5.70 Å². The van der Waals surface area contributed by atoms with Crippen molar-refractivity contribution in [3.63, 3.8) is 0 Å². The third kappa shape index (κ3) is 6.28. The van der Waals surface area contributed by atoms with Crippen LogP contribution in [0.3, 0.4) is 0 Å². The van der Waals surface area contributed by atoms with Crippen molar-refractivity contribution in [3.05, 3.63) is 12.3 Å². The maximum Gasteiger partial charge on any atom is 0.256 e. The van der Waals surface area contributed by atoms with Gasteiger partial charge in [-0.15, -0.1) is 6.58 Å². The summed E-state index contributed by atoms with van der Waals surface area (Å²) in [5.41, 5.74) is 1.62. The molecule has 0 saturated heterocycles. The molecule has 0 saturated carbocycles. The maximum absolute atomic E-state index is 5.26. The van der Waals surface area contributed by atoms with Gasteiger partial charge >= 0.3 is 0 Å². The van der Waals surface area contributed by atoms with Crippen LogP contribution in [0.15, 0.2) is 12.3 Å². The molecule has 0 aliphatic carbocycles. The van der Waals surface area contributed by atoms with Crippen molar-refractivity contribution in [2.45, 2.75) is 39.5 Å².